The number of aromatic nitrogens is 3. The van der Waals surface area contributed by atoms with E-state index in [1.165, 1.54) is 12.0 Å². The number of nitriles is 1. The normalized spacial score (nSPS) is 22.5. The van der Waals surface area contributed by atoms with E-state index in [1.54, 1.807) is 23.5 Å². The van der Waals surface area contributed by atoms with Gasteiger partial charge in [-0.3, -0.25) is 0 Å². The second-order valence-corrected chi connectivity index (χ2v) is 11.1. The van der Waals surface area contributed by atoms with Crippen LogP contribution in [0.25, 0.3) is 0 Å². The van der Waals surface area contributed by atoms with Crippen LogP contribution < -0.4 is 9.80 Å². The Balaban J connectivity index is 1.47. The summed E-state index contributed by atoms with van der Waals surface area (Å²) >= 11 is 0. The zero-order chi connectivity index (χ0) is 25.0. The van der Waals surface area contributed by atoms with Crippen LogP contribution in [0.2, 0.25) is 0 Å². The van der Waals surface area contributed by atoms with E-state index < -0.39 is 5.60 Å². The number of anilines is 3. The van der Waals surface area contributed by atoms with Crippen LogP contribution >= 0.6 is 0 Å². The second kappa shape index (κ2) is 8.36. The predicted molar refractivity (Wildman–Crippen MR) is 133 cm³/mol. The third kappa shape index (κ3) is 4.05. The summed E-state index contributed by atoms with van der Waals surface area (Å²) < 4.78 is 5.61. The Bertz CT molecular complexity index is 1180. The number of carbonyl (C=O) groups excluding carboxylic acids is 1. The van der Waals surface area contributed by atoms with E-state index in [9.17, 15) is 10.1 Å². The zero-order valence-corrected chi connectivity index (χ0v) is 21.2. The topological polar surface area (TPSA) is 98.5 Å². The van der Waals surface area contributed by atoms with Crippen LogP contribution in [0.1, 0.15) is 64.5 Å². The van der Waals surface area contributed by atoms with E-state index in [1.807, 2.05) is 33.9 Å². The van der Waals surface area contributed by atoms with Crippen molar-refractivity contribution in [3.63, 3.8) is 0 Å². The van der Waals surface area contributed by atoms with Gasteiger partial charge < -0.3 is 19.4 Å². The Labute approximate surface area is 206 Å². The molecule has 1 aliphatic carbocycles. The maximum Gasteiger partial charge on any atom is 0.410 e. The molecule has 184 valence electrons. The first-order valence-electron chi connectivity index (χ1n) is 12.3. The first-order valence-corrected chi connectivity index (χ1v) is 12.3. The third-order valence-electron chi connectivity index (χ3n) is 7.57. The lowest BCUT2D eigenvalue weighted by Gasteiger charge is -2.40. The summed E-state index contributed by atoms with van der Waals surface area (Å²) in [6.45, 7) is 9.33. The van der Waals surface area contributed by atoms with Gasteiger partial charge in [-0.1, -0.05) is 6.42 Å². The molecule has 1 unspecified atom stereocenters. The molecule has 2 aromatic rings. The number of rotatable bonds is 3. The fraction of sp³-hybridized carbons (Fsp3) is 0.577. The number of pyridine rings is 1. The molecular weight excluding hydrogens is 442 g/mol. The molecule has 9 nitrogen and oxygen atoms in total. The van der Waals surface area contributed by atoms with Gasteiger partial charge in [0.05, 0.1) is 17.7 Å². The molecule has 2 atom stereocenters. The van der Waals surface area contributed by atoms with Crippen molar-refractivity contribution in [1.29, 1.82) is 5.26 Å². The van der Waals surface area contributed by atoms with Crippen molar-refractivity contribution in [2.45, 2.75) is 76.5 Å². The third-order valence-corrected chi connectivity index (χ3v) is 7.57. The van der Waals surface area contributed by atoms with Gasteiger partial charge in [-0.15, -0.1) is 0 Å². The van der Waals surface area contributed by atoms with Crippen LogP contribution in [-0.4, -0.2) is 63.8 Å². The zero-order valence-electron chi connectivity index (χ0n) is 21.2. The summed E-state index contributed by atoms with van der Waals surface area (Å²) in [7, 11) is 1.82. The molecule has 1 saturated carbocycles. The van der Waals surface area contributed by atoms with Crippen LogP contribution in [0.5, 0.6) is 0 Å². The molecule has 3 aliphatic rings. The number of hydrogen-bond acceptors (Lipinski definition) is 8. The number of amides is 1. The summed E-state index contributed by atoms with van der Waals surface area (Å²) in [5, 5.41) is 9.38. The highest BCUT2D eigenvalue weighted by atomic mass is 16.6. The van der Waals surface area contributed by atoms with Crippen molar-refractivity contribution in [1.82, 2.24) is 19.9 Å². The Hall–Kier alpha value is -3.41. The summed E-state index contributed by atoms with van der Waals surface area (Å²) in [6, 6.07) is 6.02. The fourth-order valence-electron chi connectivity index (χ4n) is 5.62. The number of fused-ring (bicyclic) bond motifs is 2. The minimum Gasteiger partial charge on any atom is -0.444 e. The highest BCUT2D eigenvalue weighted by molar-refractivity contribution is 5.75. The molecule has 5 rings (SSSR count). The van der Waals surface area contributed by atoms with Gasteiger partial charge in [0.1, 0.15) is 29.4 Å². The minimum absolute atomic E-state index is 0.00880. The number of carbonyl (C=O) groups is 1. The van der Waals surface area contributed by atoms with Gasteiger partial charge in [0.2, 0.25) is 0 Å². The van der Waals surface area contributed by atoms with E-state index in [0.717, 1.165) is 43.3 Å². The van der Waals surface area contributed by atoms with Crippen molar-refractivity contribution in [3.8, 4) is 6.07 Å². The van der Waals surface area contributed by atoms with Gasteiger partial charge in [-0.25, -0.2) is 19.7 Å². The molecule has 2 aromatic heterocycles. The molecule has 1 spiro atoms. The first kappa shape index (κ1) is 23.3. The molecule has 1 saturated heterocycles. The Kier molecular flexibility index (Phi) is 5.58. The quantitative estimate of drug-likeness (QED) is 0.653. The van der Waals surface area contributed by atoms with Gasteiger partial charge in [-0.2, -0.15) is 5.26 Å². The van der Waals surface area contributed by atoms with Gasteiger partial charge in [0, 0.05) is 43.4 Å². The van der Waals surface area contributed by atoms with Crippen LogP contribution in [0.15, 0.2) is 24.7 Å². The summed E-state index contributed by atoms with van der Waals surface area (Å²) in [6.07, 6.45) is 7.20. The van der Waals surface area contributed by atoms with Gasteiger partial charge >= 0.3 is 6.09 Å². The lowest BCUT2D eigenvalue weighted by molar-refractivity contribution is 0.0236. The van der Waals surface area contributed by atoms with E-state index >= 15 is 0 Å². The van der Waals surface area contributed by atoms with Crippen molar-refractivity contribution in [2.24, 2.45) is 0 Å². The molecule has 2 aliphatic heterocycles. The van der Waals surface area contributed by atoms with Crippen LogP contribution in [0.4, 0.5) is 22.2 Å². The first-order chi connectivity index (χ1) is 16.6. The number of nitrogens with zero attached hydrogens (tertiary/aromatic N) is 7. The lowest BCUT2D eigenvalue weighted by Crippen LogP contribution is -2.43. The number of hydrogen-bond donors (Lipinski definition) is 0. The summed E-state index contributed by atoms with van der Waals surface area (Å²) in [5.41, 5.74) is 1.23. The lowest BCUT2D eigenvalue weighted by atomic mass is 9.66. The molecule has 0 radical (unpaired) electrons. The van der Waals surface area contributed by atoms with Crippen molar-refractivity contribution < 1.29 is 9.53 Å². The van der Waals surface area contributed by atoms with Crippen LogP contribution in [0.3, 0.4) is 0 Å². The average Bonchev–Trinajstić information content (AvgIpc) is 3.36. The maximum atomic E-state index is 12.7. The minimum atomic E-state index is -0.528. The highest BCUT2D eigenvalue weighted by Crippen LogP contribution is 2.56. The van der Waals surface area contributed by atoms with Crippen molar-refractivity contribution in [2.75, 3.05) is 29.9 Å². The Morgan fingerprint density at radius 2 is 2.00 bits per heavy atom. The molecule has 1 amide bonds. The highest BCUT2D eigenvalue weighted by Gasteiger charge is 2.52. The largest absolute Gasteiger partial charge is 0.444 e. The average molecular weight is 476 g/mol. The standard InChI is InChI=1S/C26H33N7O2/c1-17-11-19(31(5)24(34)35-25(2,3)4)14-32(17)22-21-23(30-16-29-22)33(15-26(21)8-6-9-26)20-12-18(13-27)7-10-28-20/h7,10,12,16-17,19H,6,8-9,11,14-15H2,1-5H3/t17?,19-/m1/s1. The van der Waals surface area contributed by atoms with Crippen molar-refractivity contribution in [3.05, 3.63) is 35.8 Å². The summed E-state index contributed by atoms with van der Waals surface area (Å²) in [5.74, 6) is 2.59. The molecule has 0 bridgehead atoms. The van der Waals surface area contributed by atoms with Crippen molar-refractivity contribution >= 4 is 23.5 Å². The Morgan fingerprint density at radius 3 is 2.66 bits per heavy atom. The van der Waals surface area contributed by atoms with E-state index in [4.69, 9.17) is 14.7 Å². The summed E-state index contributed by atoms with van der Waals surface area (Å²) in [4.78, 5) is 33.0. The molecule has 35 heavy (non-hydrogen) atoms. The molecule has 2 fully saturated rings. The SMILES string of the molecule is CC1C[C@@H](N(C)C(=O)OC(C)(C)C)CN1c1ncnc2c1C1(CCC1)CN2c1cc(C#N)ccn1. The van der Waals surface area contributed by atoms with Gasteiger partial charge in [-0.05, 0) is 59.1 Å². The van der Waals surface area contributed by atoms with E-state index in [0.29, 0.717) is 12.1 Å². The van der Waals surface area contributed by atoms with Gasteiger partial charge in [0.25, 0.3) is 0 Å². The predicted octanol–water partition coefficient (Wildman–Crippen LogP) is 4.15. The number of likely N-dealkylation sites (N-methyl/N-ethyl adjacent to an activating group) is 1. The molecular formula is C26H33N7O2. The molecule has 0 N–H and O–H groups in total. The number of ether oxygens (including phenoxy) is 1. The monoisotopic (exact) mass is 475 g/mol. The van der Waals surface area contributed by atoms with Gasteiger partial charge in [0.15, 0.2) is 0 Å². The molecule has 4 heterocycles. The Morgan fingerprint density at radius 1 is 1.26 bits per heavy atom. The van der Waals surface area contributed by atoms with Crippen LogP contribution in [0, 0.1) is 11.3 Å². The van der Waals surface area contributed by atoms with Crippen LogP contribution in [-0.2, 0) is 10.2 Å². The van der Waals surface area contributed by atoms with E-state index in [2.05, 4.69) is 27.8 Å². The van der Waals surface area contributed by atoms with E-state index in [-0.39, 0.29) is 23.6 Å². The molecule has 0 aromatic carbocycles. The second-order valence-electron chi connectivity index (χ2n) is 11.1. The molecule has 9 heteroatoms. The smallest absolute Gasteiger partial charge is 0.410 e. The maximum absolute atomic E-state index is 12.7. The fourth-order valence-corrected chi connectivity index (χ4v) is 5.62.